The van der Waals surface area contributed by atoms with Gasteiger partial charge >= 0.3 is 0 Å². The molecule has 28 heavy (non-hydrogen) atoms. The second-order valence-electron chi connectivity index (χ2n) is 5.95. The van der Waals surface area contributed by atoms with Crippen molar-refractivity contribution in [2.45, 2.75) is 0 Å². The third-order valence-electron chi connectivity index (χ3n) is 4.23. The normalized spacial score (nSPS) is 11.7. The summed E-state index contributed by atoms with van der Waals surface area (Å²) < 4.78 is 13.8. The minimum Gasteiger partial charge on any atom is -0.382 e. The molecule has 2 heterocycles. The smallest absolute Gasteiger partial charge is 0.155 e. The number of anilines is 2. The molecule has 0 atom stereocenters. The van der Waals surface area contributed by atoms with Crippen LogP contribution in [0, 0.1) is 11.3 Å². The lowest BCUT2D eigenvalue weighted by molar-refractivity contribution is 0.629. The van der Waals surface area contributed by atoms with Gasteiger partial charge in [0.15, 0.2) is 5.84 Å². The highest BCUT2D eigenvalue weighted by Gasteiger charge is 2.11. The number of rotatable bonds is 4. The van der Waals surface area contributed by atoms with Crippen LogP contribution in [0.15, 0.2) is 65.2 Å². The van der Waals surface area contributed by atoms with E-state index in [0.29, 0.717) is 22.6 Å². The molecule has 0 bridgehead atoms. The van der Waals surface area contributed by atoms with Crippen LogP contribution in [-0.4, -0.2) is 15.8 Å². The summed E-state index contributed by atoms with van der Waals surface area (Å²) in [5.41, 5.74) is 14.4. The van der Waals surface area contributed by atoms with Crippen molar-refractivity contribution in [3.8, 4) is 0 Å². The number of nitrogens with two attached hydrogens (primary N) is 1. The van der Waals surface area contributed by atoms with Gasteiger partial charge in [0.1, 0.15) is 11.6 Å². The van der Waals surface area contributed by atoms with Crippen LogP contribution in [0.4, 0.5) is 15.9 Å². The number of benzene rings is 2. The highest BCUT2D eigenvalue weighted by molar-refractivity contribution is 6.30. The van der Waals surface area contributed by atoms with Crippen LogP contribution < -0.4 is 11.1 Å². The first-order chi connectivity index (χ1) is 13.6. The topological polar surface area (TPSA) is 112 Å². The van der Waals surface area contributed by atoms with Crippen LogP contribution in [0.3, 0.4) is 0 Å². The van der Waals surface area contributed by atoms with E-state index in [-0.39, 0.29) is 10.9 Å². The second-order valence-corrected chi connectivity index (χ2v) is 6.36. The molecule has 4 aromatic rings. The van der Waals surface area contributed by atoms with E-state index in [1.165, 1.54) is 12.1 Å². The molecule has 4 N–H and O–H groups in total. The van der Waals surface area contributed by atoms with E-state index >= 15 is 0 Å². The molecular formula is C19H13ClFN7. The molecule has 2 aromatic heterocycles. The van der Waals surface area contributed by atoms with Crippen LogP contribution in [0.2, 0.25) is 5.02 Å². The number of halogens is 2. The maximum atomic E-state index is 13.8. The standard InChI is InChI=1S/C19H13ClFN7/c20-15-4-2-11(8-16(15)21)25-19-13-5-6-24-9-14(13)12-3-1-10(7-17(12)26-19)18(22)27-28-23/h1-9H,(H,25,26)(H3,22,23,27). The summed E-state index contributed by atoms with van der Waals surface area (Å²) in [5, 5.41) is 12.3. The maximum Gasteiger partial charge on any atom is 0.155 e. The van der Waals surface area contributed by atoms with Gasteiger partial charge in [0.05, 0.1) is 10.5 Å². The number of hydrogen-bond acceptors (Lipinski definition) is 5. The molecule has 0 aliphatic heterocycles. The largest absolute Gasteiger partial charge is 0.382 e. The number of amidine groups is 1. The van der Waals surface area contributed by atoms with Crippen molar-refractivity contribution in [3.63, 3.8) is 0 Å². The van der Waals surface area contributed by atoms with Gasteiger partial charge < -0.3 is 11.1 Å². The van der Waals surface area contributed by atoms with Gasteiger partial charge in [-0.3, -0.25) is 4.98 Å². The Kier molecular flexibility index (Phi) is 4.54. The Morgan fingerprint density at radius 3 is 2.75 bits per heavy atom. The first-order valence-corrected chi connectivity index (χ1v) is 8.54. The number of aromatic nitrogens is 2. The van der Waals surface area contributed by atoms with Gasteiger partial charge in [-0.2, -0.15) is 5.53 Å². The zero-order valence-corrected chi connectivity index (χ0v) is 15.1. The number of pyridine rings is 2. The zero-order chi connectivity index (χ0) is 19.7. The van der Waals surface area contributed by atoms with Gasteiger partial charge in [0.25, 0.3) is 0 Å². The summed E-state index contributed by atoms with van der Waals surface area (Å²) in [5.74, 6) is 0.118. The summed E-state index contributed by atoms with van der Waals surface area (Å²) >= 11 is 5.76. The quantitative estimate of drug-likeness (QED) is 0.149. The molecule has 0 aliphatic rings. The van der Waals surface area contributed by atoms with Gasteiger partial charge in [-0.15, -0.1) is 5.10 Å². The van der Waals surface area contributed by atoms with Gasteiger partial charge in [0, 0.05) is 39.8 Å². The van der Waals surface area contributed by atoms with E-state index < -0.39 is 5.82 Å². The van der Waals surface area contributed by atoms with Crippen LogP contribution in [0.5, 0.6) is 0 Å². The predicted molar refractivity (Wildman–Crippen MR) is 108 cm³/mol. The number of nitrogens with zero attached hydrogens (tertiary/aromatic N) is 4. The minimum absolute atomic E-state index is 0.0466. The first kappa shape index (κ1) is 17.7. The van der Waals surface area contributed by atoms with Crippen molar-refractivity contribution in [2.75, 3.05) is 5.32 Å². The van der Waals surface area contributed by atoms with Crippen LogP contribution in [-0.2, 0) is 0 Å². The van der Waals surface area contributed by atoms with Crippen molar-refractivity contribution in [3.05, 3.63) is 71.3 Å². The molecule has 0 unspecified atom stereocenters. The molecule has 0 radical (unpaired) electrons. The van der Waals surface area contributed by atoms with Crippen molar-refractivity contribution >= 4 is 50.6 Å². The van der Waals surface area contributed by atoms with Crippen LogP contribution >= 0.6 is 11.6 Å². The second kappa shape index (κ2) is 7.16. The molecule has 138 valence electrons. The first-order valence-electron chi connectivity index (χ1n) is 8.16. The molecule has 9 heteroatoms. The fourth-order valence-corrected chi connectivity index (χ4v) is 3.04. The Labute approximate surface area is 163 Å². The van der Waals surface area contributed by atoms with E-state index in [0.717, 1.165) is 16.2 Å². The van der Waals surface area contributed by atoms with Crippen LogP contribution in [0.1, 0.15) is 5.56 Å². The molecule has 2 aromatic carbocycles. The van der Waals surface area contributed by atoms with Gasteiger partial charge in [-0.05, 0) is 30.3 Å². The Bertz CT molecular complexity index is 1260. The molecule has 4 rings (SSSR count). The van der Waals surface area contributed by atoms with Gasteiger partial charge in [0.2, 0.25) is 0 Å². The fraction of sp³-hybridized carbons (Fsp3) is 0. The Morgan fingerprint density at radius 2 is 1.96 bits per heavy atom. The van der Waals surface area contributed by atoms with Crippen molar-refractivity contribution in [2.24, 2.45) is 16.1 Å². The zero-order valence-electron chi connectivity index (χ0n) is 14.3. The highest BCUT2D eigenvalue weighted by Crippen LogP contribution is 2.31. The average molecular weight is 394 g/mol. The summed E-state index contributed by atoms with van der Waals surface area (Å²) in [6.45, 7) is 0. The van der Waals surface area contributed by atoms with Gasteiger partial charge in [-0.1, -0.05) is 29.0 Å². The lowest BCUT2D eigenvalue weighted by Gasteiger charge is -2.12. The summed E-state index contributed by atoms with van der Waals surface area (Å²) in [6.07, 6.45) is 3.40. The van der Waals surface area contributed by atoms with Crippen LogP contribution in [0.25, 0.3) is 21.7 Å². The van der Waals surface area contributed by atoms with Gasteiger partial charge in [-0.25, -0.2) is 9.37 Å². The van der Waals surface area contributed by atoms with E-state index in [2.05, 4.69) is 25.6 Å². The molecule has 0 amide bonds. The lowest BCUT2D eigenvalue weighted by atomic mass is 10.1. The molecule has 0 aliphatic carbocycles. The molecule has 0 fully saturated rings. The highest BCUT2D eigenvalue weighted by atomic mass is 35.5. The van der Waals surface area contributed by atoms with Crippen molar-refractivity contribution < 1.29 is 4.39 Å². The Morgan fingerprint density at radius 1 is 1.11 bits per heavy atom. The Balaban J connectivity index is 1.91. The number of nitrogens with one attached hydrogen (secondary N) is 2. The van der Waals surface area contributed by atoms with Crippen molar-refractivity contribution in [1.29, 1.82) is 5.53 Å². The molecule has 7 nitrogen and oxygen atoms in total. The van der Waals surface area contributed by atoms with E-state index in [9.17, 15) is 4.39 Å². The summed E-state index contributed by atoms with van der Waals surface area (Å²) in [6, 6.07) is 11.7. The monoisotopic (exact) mass is 393 g/mol. The molecule has 0 saturated heterocycles. The SMILES string of the molecule is N=N/N=C(\N)c1ccc2c(c1)nc(Nc1ccc(Cl)c(F)c1)c1ccncc12. The van der Waals surface area contributed by atoms with E-state index in [1.807, 2.05) is 12.1 Å². The van der Waals surface area contributed by atoms with E-state index in [4.69, 9.17) is 22.9 Å². The maximum absolute atomic E-state index is 13.8. The summed E-state index contributed by atoms with van der Waals surface area (Å²) in [7, 11) is 0. The fourth-order valence-electron chi connectivity index (χ4n) is 2.92. The third-order valence-corrected chi connectivity index (χ3v) is 4.54. The molecular weight excluding hydrogens is 381 g/mol. The Hall–Kier alpha value is -3.65. The number of hydrogen-bond donors (Lipinski definition) is 3. The number of fused-ring (bicyclic) bond motifs is 3. The summed E-state index contributed by atoms with van der Waals surface area (Å²) in [4.78, 5) is 8.87. The van der Waals surface area contributed by atoms with E-state index in [1.54, 1.807) is 30.6 Å². The molecule has 0 spiro atoms. The molecule has 0 saturated carbocycles. The average Bonchev–Trinajstić information content (AvgIpc) is 2.70. The third kappa shape index (κ3) is 3.21. The van der Waals surface area contributed by atoms with Crippen molar-refractivity contribution in [1.82, 2.24) is 9.97 Å². The minimum atomic E-state index is -0.524. The predicted octanol–water partition coefficient (Wildman–Crippen LogP) is 4.97. The lowest BCUT2D eigenvalue weighted by Crippen LogP contribution is -2.12.